The van der Waals surface area contributed by atoms with Crippen LogP contribution in [0, 0.1) is 0 Å². The van der Waals surface area contributed by atoms with Crippen LogP contribution in [0.3, 0.4) is 0 Å². The molecule has 0 aliphatic rings. The highest BCUT2D eigenvalue weighted by molar-refractivity contribution is 5.04. The summed E-state index contributed by atoms with van der Waals surface area (Å²) in [6.07, 6.45) is 14.4. The molecule has 0 nitrogen and oxygen atoms in total. The van der Waals surface area contributed by atoms with Gasteiger partial charge in [-0.25, -0.2) is 0 Å². The van der Waals surface area contributed by atoms with Gasteiger partial charge in [-0.2, -0.15) is 0 Å². The molecular formula is C13H24. The van der Waals surface area contributed by atoms with Crippen LogP contribution >= 0.6 is 0 Å². The second-order valence-corrected chi connectivity index (χ2v) is 3.43. The van der Waals surface area contributed by atoms with E-state index in [-0.39, 0.29) is 0 Å². The van der Waals surface area contributed by atoms with Crippen LogP contribution in [0.2, 0.25) is 0 Å². The standard InChI is InChI=1S/C13H24/c1-4-7-9-10-12-13(6-3)11-8-5-2/h7,9,12H,4-6,8,10-11H2,1-3H3. The lowest BCUT2D eigenvalue weighted by atomic mass is 10.1. The molecule has 0 N–H and O–H groups in total. The van der Waals surface area contributed by atoms with E-state index in [1.54, 1.807) is 5.57 Å². The van der Waals surface area contributed by atoms with Crippen molar-refractivity contribution in [3.8, 4) is 0 Å². The summed E-state index contributed by atoms with van der Waals surface area (Å²) in [5, 5.41) is 0. The molecule has 0 aromatic carbocycles. The van der Waals surface area contributed by atoms with E-state index in [1.165, 1.54) is 25.7 Å². The Morgan fingerprint density at radius 1 is 1.08 bits per heavy atom. The molecule has 0 amide bonds. The molecule has 13 heavy (non-hydrogen) atoms. The Labute approximate surface area is 83.7 Å². The third kappa shape index (κ3) is 7.83. The molecular weight excluding hydrogens is 156 g/mol. The van der Waals surface area contributed by atoms with Gasteiger partial charge >= 0.3 is 0 Å². The van der Waals surface area contributed by atoms with Crippen LogP contribution in [0.15, 0.2) is 23.8 Å². The zero-order valence-corrected chi connectivity index (χ0v) is 9.47. The minimum absolute atomic E-state index is 1.13. The molecule has 0 unspecified atom stereocenters. The van der Waals surface area contributed by atoms with Crippen molar-refractivity contribution in [2.24, 2.45) is 0 Å². The van der Waals surface area contributed by atoms with Crippen molar-refractivity contribution in [3.05, 3.63) is 23.8 Å². The van der Waals surface area contributed by atoms with Gasteiger partial charge in [-0.1, -0.05) is 51.0 Å². The first-order chi connectivity index (χ1) is 6.35. The highest BCUT2D eigenvalue weighted by Gasteiger charge is 1.91. The monoisotopic (exact) mass is 180 g/mol. The fourth-order valence-electron chi connectivity index (χ4n) is 1.32. The summed E-state index contributed by atoms with van der Waals surface area (Å²) < 4.78 is 0. The maximum Gasteiger partial charge on any atom is -0.0167 e. The van der Waals surface area contributed by atoms with Crippen molar-refractivity contribution in [1.82, 2.24) is 0 Å². The maximum atomic E-state index is 2.39. The molecule has 0 heterocycles. The predicted molar refractivity (Wildman–Crippen MR) is 61.9 cm³/mol. The Morgan fingerprint density at radius 3 is 2.38 bits per heavy atom. The van der Waals surface area contributed by atoms with Crippen LogP contribution in [0.25, 0.3) is 0 Å². The van der Waals surface area contributed by atoms with Crippen molar-refractivity contribution >= 4 is 0 Å². The first-order valence-corrected chi connectivity index (χ1v) is 5.68. The van der Waals surface area contributed by atoms with Crippen LogP contribution in [-0.4, -0.2) is 0 Å². The minimum Gasteiger partial charge on any atom is -0.0885 e. The van der Waals surface area contributed by atoms with Crippen LogP contribution in [0.5, 0.6) is 0 Å². The Kier molecular flexibility index (Phi) is 9.18. The van der Waals surface area contributed by atoms with Gasteiger partial charge in [0, 0.05) is 0 Å². The SMILES string of the molecule is CCC=CCC=C(CC)CCCC. The topological polar surface area (TPSA) is 0 Å². The first-order valence-electron chi connectivity index (χ1n) is 5.68. The minimum atomic E-state index is 1.13. The van der Waals surface area contributed by atoms with Crippen molar-refractivity contribution in [2.75, 3.05) is 0 Å². The van der Waals surface area contributed by atoms with Gasteiger partial charge in [0.05, 0.1) is 0 Å². The van der Waals surface area contributed by atoms with Crippen LogP contribution in [-0.2, 0) is 0 Å². The second-order valence-electron chi connectivity index (χ2n) is 3.43. The summed E-state index contributed by atoms with van der Waals surface area (Å²) in [6, 6.07) is 0. The third-order valence-electron chi connectivity index (χ3n) is 2.25. The number of allylic oxidation sites excluding steroid dienone is 4. The third-order valence-corrected chi connectivity index (χ3v) is 2.25. The van der Waals surface area contributed by atoms with E-state index in [0.29, 0.717) is 0 Å². The zero-order valence-electron chi connectivity index (χ0n) is 9.47. The zero-order chi connectivity index (χ0) is 9.94. The molecule has 0 saturated heterocycles. The summed E-state index contributed by atoms with van der Waals surface area (Å²) >= 11 is 0. The molecule has 76 valence electrons. The van der Waals surface area contributed by atoms with Crippen molar-refractivity contribution < 1.29 is 0 Å². The molecule has 0 rings (SSSR count). The molecule has 0 aliphatic carbocycles. The van der Waals surface area contributed by atoms with Crippen molar-refractivity contribution in [3.63, 3.8) is 0 Å². The van der Waals surface area contributed by atoms with Crippen molar-refractivity contribution in [2.45, 2.75) is 59.3 Å². The average molecular weight is 180 g/mol. The quantitative estimate of drug-likeness (QED) is 0.490. The Balaban J connectivity index is 3.70. The van der Waals surface area contributed by atoms with E-state index in [1.807, 2.05) is 0 Å². The van der Waals surface area contributed by atoms with Gasteiger partial charge in [0.15, 0.2) is 0 Å². The van der Waals surface area contributed by atoms with Crippen LogP contribution in [0.1, 0.15) is 59.3 Å². The highest BCUT2D eigenvalue weighted by atomic mass is 14.0. The first kappa shape index (κ1) is 12.5. The Bertz CT molecular complexity index is 151. The fourth-order valence-corrected chi connectivity index (χ4v) is 1.32. The van der Waals surface area contributed by atoms with E-state index in [2.05, 4.69) is 39.0 Å². The van der Waals surface area contributed by atoms with E-state index in [9.17, 15) is 0 Å². The summed E-state index contributed by atoms with van der Waals surface area (Å²) in [4.78, 5) is 0. The van der Waals surface area contributed by atoms with Crippen molar-refractivity contribution in [1.29, 1.82) is 0 Å². The summed E-state index contributed by atoms with van der Waals surface area (Å²) in [5.41, 5.74) is 1.63. The molecule has 0 aliphatic heterocycles. The van der Waals surface area contributed by atoms with E-state index < -0.39 is 0 Å². The molecule has 0 radical (unpaired) electrons. The van der Waals surface area contributed by atoms with Gasteiger partial charge in [0.25, 0.3) is 0 Å². The molecule has 0 aromatic heterocycles. The smallest absolute Gasteiger partial charge is 0.0167 e. The summed E-state index contributed by atoms with van der Waals surface area (Å²) in [5.74, 6) is 0. The molecule has 0 heteroatoms. The number of rotatable bonds is 7. The molecule has 0 saturated carbocycles. The van der Waals surface area contributed by atoms with Crippen LogP contribution in [0.4, 0.5) is 0 Å². The van der Waals surface area contributed by atoms with Gasteiger partial charge in [0.1, 0.15) is 0 Å². The number of hydrogen-bond donors (Lipinski definition) is 0. The maximum absolute atomic E-state index is 2.39. The number of unbranched alkanes of at least 4 members (excludes halogenated alkanes) is 1. The molecule has 0 bridgehead atoms. The van der Waals surface area contributed by atoms with Gasteiger partial charge in [-0.3, -0.25) is 0 Å². The lowest BCUT2D eigenvalue weighted by molar-refractivity contribution is 0.763. The average Bonchev–Trinajstić information content (AvgIpc) is 2.17. The molecule has 0 atom stereocenters. The lowest BCUT2D eigenvalue weighted by Gasteiger charge is -2.01. The van der Waals surface area contributed by atoms with E-state index >= 15 is 0 Å². The van der Waals surface area contributed by atoms with Crippen LogP contribution < -0.4 is 0 Å². The van der Waals surface area contributed by atoms with Gasteiger partial charge in [-0.05, 0) is 32.1 Å². The lowest BCUT2D eigenvalue weighted by Crippen LogP contribution is -1.81. The Hall–Kier alpha value is -0.520. The van der Waals surface area contributed by atoms with Gasteiger partial charge < -0.3 is 0 Å². The summed E-state index contributed by atoms with van der Waals surface area (Å²) in [7, 11) is 0. The van der Waals surface area contributed by atoms with E-state index in [4.69, 9.17) is 0 Å². The molecule has 0 fully saturated rings. The Morgan fingerprint density at radius 2 is 1.85 bits per heavy atom. The second kappa shape index (κ2) is 9.57. The highest BCUT2D eigenvalue weighted by Crippen LogP contribution is 2.11. The molecule has 0 spiro atoms. The normalized spacial score (nSPS) is 12.7. The number of hydrogen-bond acceptors (Lipinski definition) is 0. The molecule has 0 aromatic rings. The predicted octanol–water partition coefficient (Wildman–Crippen LogP) is 4.87. The van der Waals surface area contributed by atoms with Gasteiger partial charge in [-0.15, -0.1) is 0 Å². The van der Waals surface area contributed by atoms with Gasteiger partial charge in [0.2, 0.25) is 0 Å². The van der Waals surface area contributed by atoms with E-state index in [0.717, 1.165) is 12.8 Å². The summed E-state index contributed by atoms with van der Waals surface area (Å²) in [6.45, 7) is 6.69. The fraction of sp³-hybridized carbons (Fsp3) is 0.692. The largest absolute Gasteiger partial charge is 0.0885 e.